The van der Waals surface area contributed by atoms with Crippen LogP contribution in [0.5, 0.6) is 5.75 Å². The molecule has 1 aromatic heterocycles. The van der Waals surface area contributed by atoms with Gasteiger partial charge in [0.05, 0.1) is 10.7 Å². The van der Waals surface area contributed by atoms with E-state index >= 15 is 0 Å². The summed E-state index contributed by atoms with van der Waals surface area (Å²) in [5, 5.41) is 3.67. The van der Waals surface area contributed by atoms with Crippen LogP contribution < -0.4 is 10.1 Å². The van der Waals surface area contributed by atoms with Crippen LogP contribution in [-0.2, 0) is 13.0 Å². The van der Waals surface area contributed by atoms with E-state index in [4.69, 9.17) is 0 Å². The van der Waals surface area contributed by atoms with E-state index in [2.05, 4.69) is 28.9 Å². The average Bonchev–Trinajstić information content (AvgIpc) is 2.85. The van der Waals surface area contributed by atoms with Gasteiger partial charge in [0, 0.05) is 18.5 Å². The van der Waals surface area contributed by atoms with Gasteiger partial charge in [0.2, 0.25) is 0 Å². The number of amides is 1. The molecule has 130 valence electrons. The van der Waals surface area contributed by atoms with Gasteiger partial charge in [-0.2, -0.15) is 8.78 Å². The Morgan fingerprint density at radius 2 is 2.04 bits per heavy atom. The molecule has 0 bridgehead atoms. The number of para-hydroxylation sites is 1. The summed E-state index contributed by atoms with van der Waals surface area (Å²) in [7, 11) is 0. The van der Waals surface area contributed by atoms with Crippen molar-refractivity contribution < 1.29 is 18.3 Å². The number of thiazole rings is 1. The summed E-state index contributed by atoms with van der Waals surface area (Å²) in [5.74, 6) is 0.269. The molecule has 0 saturated heterocycles. The number of rotatable bonds is 7. The number of halogens is 2. The van der Waals surface area contributed by atoms with Crippen LogP contribution in [0.25, 0.3) is 0 Å². The average molecular weight is 354 g/mol. The molecule has 1 amide bonds. The Balaban J connectivity index is 2.05. The lowest BCUT2D eigenvalue weighted by Crippen LogP contribution is -2.23. The Hall–Kier alpha value is -2.02. The number of alkyl halides is 2. The number of benzene rings is 1. The van der Waals surface area contributed by atoms with E-state index in [-0.39, 0.29) is 18.2 Å². The van der Waals surface area contributed by atoms with E-state index < -0.39 is 6.61 Å². The maximum absolute atomic E-state index is 12.4. The van der Waals surface area contributed by atoms with Crippen molar-refractivity contribution >= 4 is 17.2 Å². The molecule has 1 heterocycles. The minimum atomic E-state index is -2.90. The number of ether oxygens (including phenoxy) is 1. The number of carbonyl (C=O) groups excluding carboxylic acids is 1. The molecule has 0 unspecified atom stereocenters. The molecule has 0 aliphatic heterocycles. The first-order valence-electron chi connectivity index (χ1n) is 7.64. The lowest BCUT2D eigenvalue weighted by atomic mass is 10.1. The molecule has 2 rings (SSSR count). The zero-order chi connectivity index (χ0) is 17.7. The van der Waals surface area contributed by atoms with Crippen molar-refractivity contribution in [3.63, 3.8) is 0 Å². The molecular weight excluding hydrogens is 334 g/mol. The second-order valence-electron chi connectivity index (χ2n) is 5.79. The van der Waals surface area contributed by atoms with E-state index in [0.717, 1.165) is 11.4 Å². The van der Waals surface area contributed by atoms with Crippen molar-refractivity contribution in [2.24, 2.45) is 5.92 Å². The summed E-state index contributed by atoms with van der Waals surface area (Å²) in [6.07, 6.45) is 0.823. The quantitative estimate of drug-likeness (QED) is 0.811. The van der Waals surface area contributed by atoms with Gasteiger partial charge in [0.15, 0.2) is 0 Å². The fraction of sp³-hybridized carbons (Fsp3) is 0.412. The first-order valence-corrected chi connectivity index (χ1v) is 8.45. The molecule has 1 N–H and O–H groups in total. The Morgan fingerprint density at radius 3 is 2.71 bits per heavy atom. The molecule has 0 radical (unpaired) electrons. The minimum absolute atomic E-state index is 0.0642. The van der Waals surface area contributed by atoms with Crippen LogP contribution in [0, 0.1) is 12.8 Å². The zero-order valence-corrected chi connectivity index (χ0v) is 14.6. The maximum Gasteiger partial charge on any atom is 0.387 e. The number of carbonyl (C=O) groups is 1. The molecule has 0 fully saturated rings. The van der Waals surface area contributed by atoms with Gasteiger partial charge in [-0.15, -0.1) is 11.3 Å². The Morgan fingerprint density at radius 1 is 1.33 bits per heavy atom. The summed E-state index contributed by atoms with van der Waals surface area (Å²) in [4.78, 5) is 17.3. The summed E-state index contributed by atoms with van der Waals surface area (Å²) in [6.45, 7) is 3.19. The van der Waals surface area contributed by atoms with Gasteiger partial charge in [-0.3, -0.25) is 4.79 Å². The lowest BCUT2D eigenvalue weighted by molar-refractivity contribution is -0.0504. The van der Waals surface area contributed by atoms with Crippen molar-refractivity contribution in [1.82, 2.24) is 10.3 Å². The second kappa shape index (κ2) is 8.19. The minimum Gasteiger partial charge on any atom is -0.434 e. The van der Waals surface area contributed by atoms with E-state index in [1.165, 1.54) is 17.4 Å². The fourth-order valence-electron chi connectivity index (χ4n) is 2.22. The Kier molecular flexibility index (Phi) is 6.25. The largest absolute Gasteiger partial charge is 0.434 e. The Labute approximate surface area is 143 Å². The topological polar surface area (TPSA) is 51.2 Å². The van der Waals surface area contributed by atoms with Crippen molar-refractivity contribution in [3.05, 3.63) is 45.4 Å². The number of aryl methyl sites for hydroxylation is 1. The molecule has 0 saturated carbocycles. The highest BCUT2D eigenvalue weighted by molar-refractivity contribution is 7.13. The molecular formula is C17H20F2N2O2S. The van der Waals surface area contributed by atoms with Crippen LogP contribution in [-0.4, -0.2) is 17.5 Å². The van der Waals surface area contributed by atoms with Crippen LogP contribution in [0.2, 0.25) is 0 Å². The SMILES string of the molecule is Cc1nc(CC(C)C)sc1C(=O)NCc1ccccc1OC(F)F. The number of hydrogen-bond acceptors (Lipinski definition) is 4. The molecule has 24 heavy (non-hydrogen) atoms. The number of aromatic nitrogens is 1. The highest BCUT2D eigenvalue weighted by atomic mass is 32.1. The van der Waals surface area contributed by atoms with Crippen molar-refractivity contribution in [2.45, 2.75) is 40.3 Å². The van der Waals surface area contributed by atoms with E-state index in [1.807, 2.05) is 0 Å². The molecule has 4 nitrogen and oxygen atoms in total. The highest BCUT2D eigenvalue weighted by Gasteiger charge is 2.16. The van der Waals surface area contributed by atoms with Crippen LogP contribution in [0.3, 0.4) is 0 Å². The van der Waals surface area contributed by atoms with Gasteiger partial charge in [0.25, 0.3) is 5.91 Å². The number of nitrogens with zero attached hydrogens (tertiary/aromatic N) is 1. The van der Waals surface area contributed by atoms with Crippen LogP contribution in [0.1, 0.15) is 39.8 Å². The fourth-order valence-corrected chi connectivity index (χ4v) is 3.41. The Bertz CT molecular complexity index is 702. The van der Waals surface area contributed by atoms with Crippen molar-refractivity contribution in [1.29, 1.82) is 0 Å². The van der Waals surface area contributed by atoms with E-state index in [0.29, 0.717) is 22.1 Å². The maximum atomic E-state index is 12.4. The molecule has 2 aromatic rings. The summed E-state index contributed by atoms with van der Waals surface area (Å²) in [6, 6.07) is 6.40. The van der Waals surface area contributed by atoms with Gasteiger partial charge >= 0.3 is 6.61 Å². The van der Waals surface area contributed by atoms with Crippen LogP contribution >= 0.6 is 11.3 Å². The zero-order valence-electron chi connectivity index (χ0n) is 13.8. The predicted octanol–water partition coefficient (Wildman–Crippen LogP) is 4.18. The number of hydrogen-bond donors (Lipinski definition) is 1. The van der Waals surface area contributed by atoms with Gasteiger partial charge in [-0.1, -0.05) is 32.0 Å². The summed E-state index contributed by atoms with van der Waals surface area (Å²) < 4.78 is 29.3. The monoisotopic (exact) mass is 354 g/mol. The normalized spacial score (nSPS) is 11.1. The van der Waals surface area contributed by atoms with Gasteiger partial charge in [-0.05, 0) is 18.9 Å². The first kappa shape index (κ1) is 18.3. The second-order valence-corrected chi connectivity index (χ2v) is 6.87. The number of nitrogens with one attached hydrogen (secondary N) is 1. The van der Waals surface area contributed by atoms with Gasteiger partial charge in [0.1, 0.15) is 10.6 Å². The van der Waals surface area contributed by atoms with Crippen molar-refractivity contribution in [2.75, 3.05) is 0 Å². The molecule has 0 aliphatic carbocycles. The molecule has 7 heteroatoms. The van der Waals surface area contributed by atoms with Gasteiger partial charge < -0.3 is 10.1 Å². The predicted molar refractivity (Wildman–Crippen MR) is 89.6 cm³/mol. The van der Waals surface area contributed by atoms with Gasteiger partial charge in [-0.25, -0.2) is 4.98 Å². The smallest absolute Gasteiger partial charge is 0.387 e. The van der Waals surface area contributed by atoms with E-state index in [1.54, 1.807) is 25.1 Å². The van der Waals surface area contributed by atoms with E-state index in [9.17, 15) is 13.6 Å². The lowest BCUT2D eigenvalue weighted by Gasteiger charge is -2.11. The molecule has 0 spiro atoms. The molecule has 0 aliphatic rings. The summed E-state index contributed by atoms with van der Waals surface area (Å²) >= 11 is 1.37. The van der Waals surface area contributed by atoms with Crippen LogP contribution in [0.15, 0.2) is 24.3 Å². The molecule has 0 atom stereocenters. The third kappa shape index (κ3) is 4.99. The third-order valence-corrected chi connectivity index (χ3v) is 4.44. The highest BCUT2D eigenvalue weighted by Crippen LogP contribution is 2.22. The standard InChI is InChI=1S/C17H20F2N2O2S/c1-10(2)8-14-21-11(3)15(24-14)16(22)20-9-12-6-4-5-7-13(12)23-17(18)19/h4-7,10,17H,8-9H2,1-3H3,(H,20,22). The first-order chi connectivity index (χ1) is 11.4. The van der Waals surface area contributed by atoms with Crippen LogP contribution in [0.4, 0.5) is 8.78 Å². The third-order valence-electron chi connectivity index (χ3n) is 3.26. The molecule has 1 aromatic carbocycles. The summed E-state index contributed by atoms with van der Waals surface area (Å²) in [5.41, 5.74) is 1.18. The van der Waals surface area contributed by atoms with Crippen molar-refractivity contribution in [3.8, 4) is 5.75 Å².